The van der Waals surface area contributed by atoms with Gasteiger partial charge in [-0.15, -0.1) is 0 Å². The number of nitrogens with zero attached hydrogens (tertiary/aromatic N) is 2. The summed E-state index contributed by atoms with van der Waals surface area (Å²) >= 11 is 12.0. The van der Waals surface area contributed by atoms with Gasteiger partial charge in [0.2, 0.25) is 0 Å². The summed E-state index contributed by atoms with van der Waals surface area (Å²) in [6.07, 6.45) is 5.46. The molecule has 1 amide bonds. The molecular formula is C20H17Cl2N3O. The van der Waals surface area contributed by atoms with E-state index in [9.17, 15) is 4.79 Å². The van der Waals surface area contributed by atoms with Gasteiger partial charge in [-0.05, 0) is 61.7 Å². The molecule has 6 heteroatoms. The van der Waals surface area contributed by atoms with Crippen LogP contribution in [0.15, 0.2) is 48.7 Å². The summed E-state index contributed by atoms with van der Waals surface area (Å²) < 4.78 is 2.28. The minimum atomic E-state index is -0.288. The third kappa shape index (κ3) is 3.35. The molecule has 0 fully saturated rings. The summed E-state index contributed by atoms with van der Waals surface area (Å²) in [5.41, 5.74) is 3.38. The van der Waals surface area contributed by atoms with E-state index in [1.165, 1.54) is 18.5 Å². The fourth-order valence-electron chi connectivity index (χ4n) is 3.24. The van der Waals surface area contributed by atoms with Gasteiger partial charge in [-0.1, -0.05) is 23.2 Å². The van der Waals surface area contributed by atoms with E-state index < -0.39 is 0 Å². The van der Waals surface area contributed by atoms with Crippen molar-refractivity contribution in [3.8, 4) is 11.4 Å². The monoisotopic (exact) mass is 385 g/mol. The summed E-state index contributed by atoms with van der Waals surface area (Å²) in [4.78, 5) is 17.0. The van der Waals surface area contributed by atoms with Gasteiger partial charge < -0.3 is 9.88 Å². The molecule has 2 aromatic carbocycles. The van der Waals surface area contributed by atoms with Crippen molar-refractivity contribution < 1.29 is 4.79 Å². The second-order valence-electron chi connectivity index (χ2n) is 6.34. The first-order valence-electron chi connectivity index (χ1n) is 8.53. The van der Waals surface area contributed by atoms with Gasteiger partial charge in [0.1, 0.15) is 5.82 Å². The molecule has 3 aromatic rings. The number of hydrogen-bond donors (Lipinski definition) is 1. The fraction of sp³-hybridized carbons (Fsp3) is 0.200. The van der Waals surface area contributed by atoms with Crippen LogP contribution in [0.2, 0.25) is 10.0 Å². The zero-order chi connectivity index (χ0) is 18.1. The van der Waals surface area contributed by atoms with Gasteiger partial charge in [0.25, 0.3) is 5.91 Å². The lowest BCUT2D eigenvalue weighted by Crippen LogP contribution is -2.12. The van der Waals surface area contributed by atoms with E-state index in [0.29, 0.717) is 21.3 Å². The van der Waals surface area contributed by atoms with Gasteiger partial charge in [-0.25, -0.2) is 4.98 Å². The Morgan fingerprint density at radius 3 is 2.69 bits per heavy atom. The second kappa shape index (κ2) is 7.14. The van der Waals surface area contributed by atoms with Crippen molar-refractivity contribution in [1.29, 1.82) is 0 Å². The molecule has 4 rings (SSSR count). The topological polar surface area (TPSA) is 46.9 Å². The number of nitrogens with one attached hydrogen (secondary N) is 1. The zero-order valence-electron chi connectivity index (χ0n) is 14.0. The number of rotatable bonds is 3. The van der Waals surface area contributed by atoms with Crippen LogP contribution in [0.25, 0.3) is 11.4 Å². The van der Waals surface area contributed by atoms with Gasteiger partial charge in [0, 0.05) is 34.7 Å². The van der Waals surface area contributed by atoms with E-state index >= 15 is 0 Å². The zero-order valence-corrected chi connectivity index (χ0v) is 15.5. The number of aromatic nitrogens is 2. The van der Waals surface area contributed by atoms with Crippen LogP contribution in [0.5, 0.6) is 0 Å². The maximum atomic E-state index is 12.4. The highest BCUT2D eigenvalue weighted by atomic mass is 35.5. The van der Waals surface area contributed by atoms with Gasteiger partial charge in [0.05, 0.1) is 10.6 Å². The van der Waals surface area contributed by atoms with Crippen molar-refractivity contribution in [2.45, 2.75) is 25.8 Å². The van der Waals surface area contributed by atoms with Crippen LogP contribution in [-0.2, 0) is 13.0 Å². The Labute approximate surface area is 161 Å². The Kier molecular flexibility index (Phi) is 4.70. The lowest BCUT2D eigenvalue weighted by Gasteiger charge is -2.16. The first-order valence-corrected chi connectivity index (χ1v) is 9.28. The Bertz CT molecular complexity index is 964. The third-order valence-electron chi connectivity index (χ3n) is 4.58. The van der Waals surface area contributed by atoms with Crippen molar-refractivity contribution in [1.82, 2.24) is 9.55 Å². The maximum absolute atomic E-state index is 12.4. The molecule has 132 valence electrons. The molecule has 0 saturated heterocycles. The van der Waals surface area contributed by atoms with E-state index in [1.54, 1.807) is 18.2 Å². The highest BCUT2D eigenvalue weighted by Gasteiger charge is 2.15. The fourth-order valence-corrected chi connectivity index (χ4v) is 3.61. The Hall–Kier alpha value is -2.30. The number of hydrogen-bond acceptors (Lipinski definition) is 2. The largest absolute Gasteiger partial charge is 0.328 e. The van der Waals surface area contributed by atoms with Crippen LogP contribution in [0.1, 0.15) is 28.9 Å². The molecule has 0 bridgehead atoms. The van der Waals surface area contributed by atoms with Crippen molar-refractivity contribution in [3.63, 3.8) is 0 Å². The van der Waals surface area contributed by atoms with Gasteiger partial charge in [0.15, 0.2) is 0 Å². The highest BCUT2D eigenvalue weighted by molar-refractivity contribution is 6.36. The smallest absolute Gasteiger partial charge is 0.257 e. The van der Waals surface area contributed by atoms with E-state index in [2.05, 4.69) is 14.9 Å². The lowest BCUT2D eigenvalue weighted by atomic mass is 10.1. The first kappa shape index (κ1) is 17.1. The van der Waals surface area contributed by atoms with E-state index in [0.717, 1.165) is 24.4 Å². The molecule has 0 unspecified atom stereocenters. The molecule has 0 saturated carbocycles. The first-order chi connectivity index (χ1) is 12.6. The molecule has 0 aliphatic carbocycles. The molecule has 0 atom stereocenters. The summed E-state index contributed by atoms with van der Waals surface area (Å²) in [5.74, 6) is 0.693. The Balaban J connectivity index is 1.54. The van der Waals surface area contributed by atoms with E-state index in [1.807, 2.05) is 30.5 Å². The lowest BCUT2D eigenvalue weighted by molar-refractivity contribution is 0.102. The number of fused-ring (bicyclic) bond motifs is 1. The molecule has 0 radical (unpaired) electrons. The normalized spacial score (nSPS) is 13.3. The average molecular weight is 386 g/mol. The van der Waals surface area contributed by atoms with Crippen molar-refractivity contribution >= 4 is 34.8 Å². The van der Waals surface area contributed by atoms with Crippen molar-refractivity contribution in [3.05, 3.63) is 70.0 Å². The van der Waals surface area contributed by atoms with E-state index in [4.69, 9.17) is 23.2 Å². The van der Waals surface area contributed by atoms with Gasteiger partial charge in [-0.2, -0.15) is 0 Å². The SMILES string of the molecule is O=C(Nc1ccc(-c2ncc3n2CCCC3)cc1)c1cc(Cl)ccc1Cl. The second-order valence-corrected chi connectivity index (χ2v) is 7.18. The van der Waals surface area contributed by atoms with Crippen LogP contribution in [0.3, 0.4) is 0 Å². The minimum absolute atomic E-state index is 0.288. The summed E-state index contributed by atoms with van der Waals surface area (Å²) in [5, 5.41) is 3.69. The van der Waals surface area contributed by atoms with Crippen molar-refractivity contribution in [2.75, 3.05) is 5.32 Å². The maximum Gasteiger partial charge on any atom is 0.257 e. The molecule has 1 aliphatic heterocycles. The predicted molar refractivity (Wildman–Crippen MR) is 105 cm³/mol. The van der Waals surface area contributed by atoms with Crippen LogP contribution >= 0.6 is 23.2 Å². The molecule has 26 heavy (non-hydrogen) atoms. The molecule has 1 aromatic heterocycles. The number of halogens is 2. The number of imidazole rings is 1. The van der Waals surface area contributed by atoms with Crippen LogP contribution in [0, 0.1) is 0 Å². The molecule has 1 N–H and O–H groups in total. The molecular weight excluding hydrogens is 369 g/mol. The molecule has 1 aliphatic rings. The number of aryl methyl sites for hydroxylation is 1. The Morgan fingerprint density at radius 2 is 1.88 bits per heavy atom. The number of amides is 1. The van der Waals surface area contributed by atoms with Crippen molar-refractivity contribution in [2.24, 2.45) is 0 Å². The minimum Gasteiger partial charge on any atom is -0.328 e. The Morgan fingerprint density at radius 1 is 1.08 bits per heavy atom. The van der Waals surface area contributed by atoms with Crippen LogP contribution in [-0.4, -0.2) is 15.5 Å². The number of carbonyl (C=O) groups is 1. The highest BCUT2D eigenvalue weighted by Crippen LogP contribution is 2.26. The van der Waals surface area contributed by atoms with Gasteiger partial charge >= 0.3 is 0 Å². The standard InChI is InChI=1S/C20H17Cl2N3O/c21-14-6-9-18(22)17(11-14)20(26)24-15-7-4-13(5-8-15)19-23-12-16-3-1-2-10-25(16)19/h4-9,11-12H,1-3,10H2,(H,24,26). The molecule has 4 nitrogen and oxygen atoms in total. The molecule has 2 heterocycles. The number of benzene rings is 2. The van der Waals surface area contributed by atoms with E-state index in [-0.39, 0.29) is 5.91 Å². The summed E-state index contributed by atoms with van der Waals surface area (Å²) in [7, 11) is 0. The summed E-state index contributed by atoms with van der Waals surface area (Å²) in [6.45, 7) is 1.01. The quantitative estimate of drug-likeness (QED) is 0.651. The van der Waals surface area contributed by atoms with Gasteiger partial charge in [-0.3, -0.25) is 4.79 Å². The third-order valence-corrected chi connectivity index (χ3v) is 5.14. The number of carbonyl (C=O) groups excluding carboxylic acids is 1. The van der Waals surface area contributed by atoms with Crippen LogP contribution < -0.4 is 5.32 Å². The molecule has 0 spiro atoms. The van der Waals surface area contributed by atoms with Crippen LogP contribution in [0.4, 0.5) is 5.69 Å². The average Bonchev–Trinajstić information content (AvgIpc) is 3.08. The summed E-state index contributed by atoms with van der Waals surface area (Å²) in [6, 6.07) is 12.5. The number of anilines is 1. The predicted octanol–water partition coefficient (Wildman–Crippen LogP) is 5.45.